The summed E-state index contributed by atoms with van der Waals surface area (Å²) in [5.74, 6) is 0.204. The molecular formula is C18H17N3O. The highest BCUT2D eigenvalue weighted by molar-refractivity contribution is 5.79. The van der Waals surface area contributed by atoms with Crippen LogP contribution < -0.4 is 16.4 Å². The van der Waals surface area contributed by atoms with Crippen molar-refractivity contribution in [3.05, 3.63) is 72.8 Å². The Kier molecular flexibility index (Phi) is 3.58. The average molecular weight is 291 g/mol. The van der Waals surface area contributed by atoms with Crippen LogP contribution in [-0.2, 0) is 0 Å². The van der Waals surface area contributed by atoms with E-state index in [0.29, 0.717) is 11.4 Å². The largest absolute Gasteiger partial charge is 0.508 e. The molecular weight excluding hydrogens is 274 g/mol. The van der Waals surface area contributed by atoms with Crippen LogP contribution in [0.5, 0.6) is 5.75 Å². The predicted octanol–water partition coefficient (Wildman–Crippen LogP) is 4.03. The first-order valence-corrected chi connectivity index (χ1v) is 6.94. The summed E-state index contributed by atoms with van der Waals surface area (Å²) in [6, 6.07) is 22.2. The lowest BCUT2D eigenvalue weighted by Crippen LogP contribution is -2.10. The molecule has 0 aromatic heterocycles. The molecule has 5 N–H and O–H groups in total. The summed E-state index contributed by atoms with van der Waals surface area (Å²) in [5.41, 5.74) is 15.8. The van der Waals surface area contributed by atoms with Crippen molar-refractivity contribution in [2.75, 3.05) is 16.4 Å². The van der Waals surface area contributed by atoms with E-state index in [4.69, 9.17) is 11.5 Å². The van der Waals surface area contributed by atoms with Gasteiger partial charge in [-0.25, -0.2) is 0 Å². The zero-order valence-corrected chi connectivity index (χ0v) is 12.0. The van der Waals surface area contributed by atoms with Gasteiger partial charge in [0, 0.05) is 34.5 Å². The van der Waals surface area contributed by atoms with Gasteiger partial charge in [-0.1, -0.05) is 18.2 Å². The van der Waals surface area contributed by atoms with Gasteiger partial charge in [0.15, 0.2) is 0 Å². The third kappa shape index (κ3) is 2.81. The third-order valence-corrected chi connectivity index (χ3v) is 3.34. The lowest BCUT2D eigenvalue weighted by molar-refractivity contribution is 0.475. The fourth-order valence-electron chi connectivity index (χ4n) is 2.41. The standard InChI is InChI=1S/C18H17N3O/c19-13-4-1-6-15(10-13)21(16-7-2-5-14(20)11-16)17-8-3-9-18(22)12-17/h1-12,22H,19-20H2. The highest BCUT2D eigenvalue weighted by Crippen LogP contribution is 2.36. The van der Waals surface area contributed by atoms with Crippen molar-refractivity contribution >= 4 is 28.4 Å². The first kappa shape index (κ1) is 13.8. The minimum atomic E-state index is 0.204. The number of aromatic hydroxyl groups is 1. The summed E-state index contributed by atoms with van der Waals surface area (Å²) in [6.07, 6.45) is 0. The number of rotatable bonds is 3. The lowest BCUT2D eigenvalue weighted by atomic mass is 10.1. The van der Waals surface area contributed by atoms with Gasteiger partial charge in [0.1, 0.15) is 5.75 Å². The quantitative estimate of drug-likeness (QED) is 0.637. The zero-order chi connectivity index (χ0) is 15.5. The summed E-state index contributed by atoms with van der Waals surface area (Å²) < 4.78 is 0. The van der Waals surface area contributed by atoms with Crippen molar-refractivity contribution in [2.24, 2.45) is 0 Å². The molecule has 0 fully saturated rings. The van der Waals surface area contributed by atoms with Gasteiger partial charge >= 0.3 is 0 Å². The van der Waals surface area contributed by atoms with Crippen molar-refractivity contribution in [1.82, 2.24) is 0 Å². The van der Waals surface area contributed by atoms with Gasteiger partial charge in [-0.15, -0.1) is 0 Å². The Bertz CT molecular complexity index is 693. The molecule has 0 heterocycles. The molecule has 22 heavy (non-hydrogen) atoms. The van der Waals surface area contributed by atoms with Gasteiger partial charge < -0.3 is 21.5 Å². The number of nitrogens with zero attached hydrogens (tertiary/aromatic N) is 1. The summed E-state index contributed by atoms with van der Waals surface area (Å²) in [6.45, 7) is 0. The topological polar surface area (TPSA) is 75.5 Å². The molecule has 0 amide bonds. The minimum Gasteiger partial charge on any atom is -0.508 e. The van der Waals surface area contributed by atoms with Crippen LogP contribution in [0.25, 0.3) is 0 Å². The van der Waals surface area contributed by atoms with Crippen molar-refractivity contribution < 1.29 is 5.11 Å². The number of nitrogens with two attached hydrogens (primary N) is 2. The molecule has 3 aromatic rings. The second-order valence-corrected chi connectivity index (χ2v) is 5.05. The van der Waals surface area contributed by atoms with E-state index in [1.807, 2.05) is 59.5 Å². The van der Waals surface area contributed by atoms with Gasteiger partial charge in [-0.2, -0.15) is 0 Å². The number of phenols is 1. The molecule has 0 unspecified atom stereocenters. The van der Waals surface area contributed by atoms with Crippen LogP contribution in [0, 0.1) is 0 Å². The van der Waals surface area contributed by atoms with E-state index in [9.17, 15) is 5.11 Å². The molecule has 0 radical (unpaired) electrons. The van der Waals surface area contributed by atoms with E-state index < -0.39 is 0 Å². The fourth-order valence-corrected chi connectivity index (χ4v) is 2.41. The first-order chi connectivity index (χ1) is 10.6. The SMILES string of the molecule is Nc1cccc(N(c2cccc(N)c2)c2cccc(O)c2)c1. The molecule has 4 heteroatoms. The third-order valence-electron chi connectivity index (χ3n) is 3.34. The van der Waals surface area contributed by atoms with Crippen LogP contribution in [0.15, 0.2) is 72.8 Å². The maximum atomic E-state index is 9.79. The molecule has 0 aliphatic heterocycles. The van der Waals surface area contributed by atoms with Gasteiger partial charge in [-0.3, -0.25) is 0 Å². The van der Waals surface area contributed by atoms with E-state index in [1.165, 1.54) is 0 Å². The van der Waals surface area contributed by atoms with E-state index in [-0.39, 0.29) is 5.75 Å². The lowest BCUT2D eigenvalue weighted by Gasteiger charge is -2.26. The van der Waals surface area contributed by atoms with E-state index in [1.54, 1.807) is 18.2 Å². The molecule has 3 rings (SSSR count). The van der Waals surface area contributed by atoms with Crippen LogP contribution >= 0.6 is 0 Å². The van der Waals surface area contributed by atoms with Crippen LogP contribution in [0.1, 0.15) is 0 Å². The molecule has 3 aromatic carbocycles. The van der Waals surface area contributed by atoms with Gasteiger partial charge in [-0.05, 0) is 48.5 Å². The molecule has 4 nitrogen and oxygen atoms in total. The number of benzene rings is 3. The zero-order valence-electron chi connectivity index (χ0n) is 12.0. The molecule has 0 spiro atoms. The summed E-state index contributed by atoms with van der Waals surface area (Å²) >= 11 is 0. The van der Waals surface area contributed by atoms with Crippen molar-refractivity contribution in [3.8, 4) is 5.75 Å². The Morgan fingerprint density at radius 3 is 1.55 bits per heavy atom. The Balaban J connectivity index is 2.18. The van der Waals surface area contributed by atoms with Gasteiger partial charge in [0.25, 0.3) is 0 Å². The Morgan fingerprint density at radius 2 is 1.09 bits per heavy atom. The van der Waals surface area contributed by atoms with E-state index in [0.717, 1.165) is 17.1 Å². The number of hydrogen-bond acceptors (Lipinski definition) is 4. The van der Waals surface area contributed by atoms with Crippen LogP contribution in [-0.4, -0.2) is 5.11 Å². The molecule has 0 aliphatic carbocycles. The molecule has 0 bridgehead atoms. The number of nitrogen functional groups attached to an aromatic ring is 2. The fraction of sp³-hybridized carbons (Fsp3) is 0. The molecule has 0 saturated heterocycles. The first-order valence-electron chi connectivity index (χ1n) is 6.94. The van der Waals surface area contributed by atoms with Gasteiger partial charge in [0.05, 0.1) is 0 Å². The van der Waals surface area contributed by atoms with Crippen molar-refractivity contribution in [3.63, 3.8) is 0 Å². The van der Waals surface area contributed by atoms with E-state index >= 15 is 0 Å². The molecule has 0 aliphatic rings. The maximum absolute atomic E-state index is 9.79. The highest BCUT2D eigenvalue weighted by atomic mass is 16.3. The molecule has 0 saturated carbocycles. The summed E-state index contributed by atoms with van der Waals surface area (Å²) in [5, 5.41) is 9.79. The van der Waals surface area contributed by atoms with Crippen molar-refractivity contribution in [1.29, 1.82) is 0 Å². The maximum Gasteiger partial charge on any atom is 0.117 e. The number of hydrogen-bond donors (Lipinski definition) is 3. The number of phenolic OH excluding ortho intramolecular Hbond substituents is 1. The smallest absolute Gasteiger partial charge is 0.117 e. The summed E-state index contributed by atoms with van der Waals surface area (Å²) in [4.78, 5) is 1.99. The highest BCUT2D eigenvalue weighted by Gasteiger charge is 2.13. The van der Waals surface area contributed by atoms with E-state index in [2.05, 4.69) is 0 Å². The second-order valence-electron chi connectivity index (χ2n) is 5.05. The normalized spacial score (nSPS) is 10.4. The predicted molar refractivity (Wildman–Crippen MR) is 91.6 cm³/mol. The Labute approximate surface area is 129 Å². The van der Waals surface area contributed by atoms with Gasteiger partial charge in [0.2, 0.25) is 0 Å². The Morgan fingerprint density at radius 1 is 0.636 bits per heavy atom. The summed E-state index contributed by atoms with van der Waals surface area (Å²) in [7, 11) is 0. The van der Waals surface area contributed by atoms with Crippen molar-refractivity contribution in [2.45, 2.75) is 0 Å². The monoisotopic (exact) mass is 291 g/mol. The second kappa shape index (κ2) is 5.69. The minimum absolute atomic E-state index is 0.204. The molecule has 0 atom stereocenters. The Hall–Kier alpha value is -3.14. The van der Waals surface area contributed by atoms with Crippen LogP contribution in [0.4, 0.5) is 28.4 Å². The van der Waals surface area contributed by atoms with Crippen LogP contribution in [0.3, 0.4) is 0 Å². The average Bonchev–Trinajstić information content (AvgIpc) is 2.48. The number of anilines is 5. The van der Waals surface area contributed by atoms with Crippen LogP contribution in [0.2, 0.25) is 0 Å². The molecule has 110 valence electrons.